The predicted octanol–water partition coefficient (Wildman–Crippen LogP) is 1.29. The third-order valence-corrected chi connectivity index (χ3v) is 5.55. The summed E-state index contributed by atoms with van der Waals surface area (Å²) in [5, 5.41) is 9.11. The maximum absolute atomic E-state index is 12.4. The van der Waals surface area contributed by atoms with Crippen molar-refractivity contribution >= 4 is 21.7 Å². The molecule has 0 bridgehead atoms. The van der Waals surface area contributed by atoms with Gasteiger partial charge in [0.1, 0.15) is 0 Å². The van der Waals surface area contributed by atoms with Crippen LogP contribution in [0.3, 0.4) is 0 Å². The summed E-state index contributed by atoms with van der Waals surface area (Å²) in [4.78, 5) is 0. The van der Waals surface area contributed by atoms with E-state index in [-0.39, 0.29) is 19.5 Å². The van der Waals surface area contributed by atoms with E-state index in [0.29, 0.717) is 16.5 Å². The highest BCUT2D eigenvalue weighted by molar-refractivity contribution is 7.87. The molecule has 0 spiro atoms. The fraction of sp³-hybridized carbons (Fsp3) is 0.667. The lowest BCUT2D eigenvalue weighted by molar-refractivity contribution is 0.378. The molecule has 1 rings (SSSR count). The number of hydrogen-bond acceptors (Lipinski definition) is 7. The van der Waals surface area contributed by atoms with Crippen molar-refractivity contribution in [3.63, 3.8) is 0 Å². The Labute approximate surface area is 135 Å². The summed E-state index contributed by atoms with van der Waals surface area (Å²) in [5.74, 6) is 0.331. The van der Waals surface area contributed by atoms with Gasteiger partial charge in [0, 0.05) is 31.0 Å². The molecule has 10 heteroatoms. The first-order valence-electron chi connectivity index (χ1n) is 6.63. The molecule has 0 amide bonds. The van der Waals surface area contributed by atoms with Gasteiger partial charge in [-0.05, 0) is 6.92 Å². The van der Waals surface area contributed by atoms with E-state index >= 15 is 0 Å². The van der Waals surface area contributed by atoms with Crippen molar-refractivity contribution in [1.29, 1.82) is 5.26 Å². The monoisotopic (exact) mass is 348 g/mol. The second-order valence-corrected chi connectivity index (χ2v) is 6.78. The molecule has 0 aliphatic heterocycles. The zero-order valence-electron chi connectivity index (χ0n) is 13.0. The Morgan fingerprint density at radius 1 is 1.45 bits per heavy atom. The minimum Gasteiger partial charge on any atom is -0.486 e. The van der Waals surface area contributed by atoms with Gasteiger partial charge < -0.3 is 9.47 Å². The predicted molar refractivity (Wildman–Crippen MR) is 83.2 cm³/mol. The van der Waals surface area contributed by atoms with Crippen LogP contribution < -0.4 is 14.2 Å². The number of ether oxygens (including phenoxy) is 2. The van der Waals surface area contributed by atoms with Crippen LogP contribution in [-0.4, -0.2) is 44.4 Å². The fourth-order valence-electron chi connectivity index (χ4n) is 1.90. The van der Waals surface area contributed by atoms with Gasteiger partial charge in [-0.2, -0.15) is 27.1 Å². The molecule has 22 heavy (non-hydrogen) atoms. The van der Waals surface area contributed by atoms with Gasteiger partial charge in [0.2, 0.25) is 10.9 Å². The molecule has 0 aliphatic rings. The molecule has 0 saturated heterocycles. The van der Waals surface area contributed by atoms with Gasteiger partial charge in [-0.1, -0.05) is 6.92 Å². The summed E-state index contributed by atoms with van der Waals surface area (Å²) in [6, 6.07) is 1.36. The average Bonchev–Trinajstić information content (AvgIpc) is 2.90. The van der Waals surface area contributed by atoms with E-state index in [2.05, 4.69) is 9.10 Å². The van der Waals surface area contributed by atoms with E-state index in [1.165, 1.54) is 18.5 Å². The molecular weight excluding hydrogens is 328 g/mol. The van der Waals surface area contributed by atoms with E-state index in [4.69, 9.17) is 14.7 Å². The normalized spacial score (nSPS) is 12.9. The van der Waals surface area contributed by atoms with Gasteiger partial charge in [0.05, 0.1) is 31.9 Å². The molecule has 1 aromatic heterocycles. The first kappa shape index (κ1) is 18.6. The largest absolute Gasteiger partial charge is 0.486 e. The summed E-state index contributed by atoms with van der Waals surface area (Å²) in [6.45, 7) is 3.82. The van der Waals surface area contributed by atoms with Crippen LogP contribution in [0.1, 0.15) is 31.9 Å². The molecule has 0 aliphatic carbocycles. The Balaban J connectivity index is 2.98. The average molecular weight is 348 g/mol. The topological polar surface area (TPSA) is 105 Å². The van der Waals surface area contributed by atoms with Crippen LogP contribution in [0, 0.1) is 11.3 Å². The van der Waals surface area contributed by atoms with E-state index in [0.717, 1.165) is 11.5 Å². The smallest absolute Gasteiger partial charge is 0.280 e. The Kier molecular flexibility index (Phi) is 7.02. The highest BCUT2D eigenvalue weighted by Gasteiger charge is 2.28. The Bertz CT molecular complexity index is 602. The van der Waals surface area contributed by atoms with Crippen molar-refractivity contribution in [1.82, 2.24) is 13.4 Å². The molecule has 1 aromatic rings. The van der Waals surface area contributed by atoms with Crippen molar-refractivity contribution in [2.45, 2.75) is 26.3 Å². The number of aromatic nitrogens is 1. The van der Waals surface area contributed by atoms with Crippen LogP contribution in [0.5, 0.6) is 10.9 Å². The number of hydrogen-bond donors (Lipinski definition) is 1. The SMILES string of the molecule is CCN(CCC#N)S(=O)(=O)NC(C)c1c(OC)nsc1OC. The minimum absolute atomic E-state index is 0.135. The molecule has 0 radical (unpaired) electrons. The molecule has 0 saturated carbocycles. The van der Waals surface area contributed by atoms with Crippen molar-refractivity contribution in [3.05, 3.63) is 5.56 Å². The zero-order valence-corrected chi connectivity index (χ0v) is 14.6. The van der Waals surface area contributed by atoms with Crippen LogP contribution in [0.2, 0.25) is 0 Å². The van der Waals surface area contributed by atoms with Crippen LogP contribution >= 0.6 is 11.5 Å². The van der Waals surface area contributed by atoms with Crippen LogP contribution in [-0.2, 0) is 10.2 Å². The van der Waals surface area contributed by atoms with E-state index < -0.39 is 16.3 Å². The van der Waals surface area contributed by atoms with E-state index in [1.54, 1.807) is 13.8 Å². The van der Waals surface area contributed by atoms with Gasteiger partial charge in [-0.3, -0.25) is 0 Å². The number of nitrogens with zero attached hydrogens (tertiary/aromatic N) is 3. The highest BCUT2D eigenvalue weighted by Crippen LogP contribution is 2.37. The Morgan fingerprint density at radius 3 is 2.64 bits per heavy atom. The molecule has 0 fully saturated rings. The summed E-state index contributed by atoms with van der Waals surface area (Å²) in [5.41, 5.74) is 0.551. The van der Waals surface area contributed by atoms with Gasteiger partial charge in [-0.25, -0.2) is 0 Å². The molecular formula is C12H20N4O4S2. The number of nitrogens with one attached hydrogen (secondary N) is 1. The minimum atomic E-state index is -3.72. The van der Waals surface area contributed by atoms with E-state index in [9.17, 15) is 8.42 Å². The second kappa shape index (κ2) is 8.28. The first-order chi connectivity index (χ1) is 10.4. The van der Waals surface area contributed by atoms with Gasteiger partial charge in [-0.15, -0.1) is 0 Å². The van der Waals surface area contributed by atoms with E-state index in [1.807, 2.05) is 6.07 Å². The number of rotatable bonds is 9. The quantitative estimate of drug-likeness (QED) is 0.721. The van der Waals surface area contributed by atoms with Crippen molar-refractivity contribution in [2.24, 2.45) is 0 Å². The van der Waals surface area contributed by atoms with Gasteiger partial charge in [0.15, 0.2) is 0 Å². The summed E-state index contributed by atoms with van der Waals surface area (Å²) in [6.07, 6.45) is 0.135. The number of methoxy groups -OCH3 is 2. The van der Waals surface area contributed by atoms with Crippen LogP contribution in [0.15, 0.2) is 0 Å². The molecule has 1 N–H and O–H groups in total. The molecule has 1 atom stereocenters. The maximum atomic E-state index is 12.4. The third kappa shape index (κ3) is 4.30. The standard InChI is InChI=1S/C12H20N4O4S2/c1-5-16(8-6-7-13)22(17,18)15-9(2)10-11(19-3)14-21-12(10)20-4/h9,15H,5-6,8H2,1-4H3. The Hall–Kier alpha value is -1.41. The summed E-state index contributed by atoms with van der Waals surface area (Å²) >= 11 is 1.09. The lowest BCUT2D eigenvalue weighted by Gasteiger charge is -2.22. The lowest BCUT2D eigenvalue weighted by Crippen LogP contribution is -2.42. The third-order valence-electron chi connectivity index (χ3n) is 2.96. The highest BCUT2D eigenvalue weighted by atomic mass is 32.2. The molecule has 8 nitrogen and oxygen atoms in total. The molecule has 1 heterocycles. The Morgan fingerprint density at radius 2 is 2.14 bits per heavy atom. The summed E-state index contributed by atoms with van der Waals surface area (Å²) in [7, 11) is -0.770. The van der Waals surface area contributed by atoms with Crippen molar-refractivity contribution < 1.29 is 17.9 Å². The van der Waals surface area contributed by atoms with Gasteiger partial charge >= 0.3 is 0 Å². The fourth-order valence-corrected chi connectivity index (χ4v) is 4.07. The molecule has 0 aromatic carbocycles. The van der Waals surface area contributed by atoms with Gasteiger partial charge in [0.25, 0.3) is 10.2 Å². The first-order valence-corrected chi connectivity index (χ1v) is 8.84. The van der Waals surface area contributed by atoms with Crippen LogP contribution in [0.25, 0.3) is 0 Å². The number of nitriles is 1. The molecule has 124 valence electrons. The zero-order chi connectivity index (χ0) is 16.8. The van der Waals surface area contributed by atoms with Crippen molar-refractivity contribution in [2.75, 3.05) is 27.3 Å². The lowest BCUT2D eigenvalue weighted by atomic mass is 10.2. The summed E-state index contributed by atoms with van der Waals surface area (Å²) < 4.78 is 43.0. The molecule has 1 unspecified atom stereocenters. The van der Waals surface area contributed by atoms with Crippen LogP contribution in [0.4, 0.5) is 0 Å². The second-order valence-electron chi connectivity index (χ2n) is 4.34. The maximum Gasteiger partial charge on any atom is 0.280 e. The van der Waals surface area contributed by atoms with Crippen molar-refractivity contribution in [3.8, 4) is 17.0 Å².